The predicted molar refractivity (Wildman–Crippen MR) is 74.4 cm³/mol. The number of likely N-dealkylation sites (tertiary alicyclic amines) is 1. The molecule has 0 aromatic heterocycles. The number of piperidine rings is 1. The summed E-state index contributed by atoms with van der Waals surface area (Å²) in [7, 11) is 1.79. The molecular formula is C13H26N4O2. The Hall–Kier alpha value is -1.30. The highest BCUT2D eigenvalue weighted by molar-refractivity contribution is 5.80. The van der Waals surface area contributed by atoms with Gasteiger partial charge in [-0.15, -0.1) is 0 Å². The molecule has 0 aromatic rings. The Morgan fingerprint density at radius 1 is 1.42 bits per heavy atom. The molecule has 6 heteroatoms. The van der Waals surface area contributed by atoms with E-state index in [1.165, 1.54) is 0 Å². The van der Waals surface area contributed by atoms with Gasteiger partial charge in [0.15, 0.2) is 0 Å². The summed E-state index contributed by atoms with van der Waals surface area (Å²) in [5, 5.41) is 0. The molecule has 1 saturated heterocycles. The molecule has 1 unspecified atom stereocenters. The molecule has 0 aliphatic carbocycles. The van der Waals surface area contributed by atoms with Crippen LogP contribution in [0.5, 0.6) is 0 Å². The molecule has 0 spiro atoms. The van der Waals surface area contributed by atoms with E-state index in [0.717, 1.165) is 12.8 Å². The number of primary amides is 1. The first kappa shape index (κ1) is 15.8. The first-order chi connectivity index (χ1) is 8.76. The zero-order valence-corrected chi connectivity index (χ0v) is 12.2. The molecule has 0 saturated carbocycles. The largest absolute Gasteiger partial charge is 0.351 e. The average molecular weight is 270 g/mol. The van der Waals surface area contributed by atoms with Crippen molar-refractivity contribution in [3.8, 4) is 0 Å². The second-order valence-electron chi connectivity index (χ2n) is 6.19. The van der Waals surface area contributed by atoms with E-state index in [9.17, 15) is 9.59 Å². The van der Waals surface area contributed by atoms with E-state index in [4.69, 9.17) is 11.5 Å². The van der Waals surface area contributed by atoms with Crippen LogP contribution in [0.2, 0.25) is 0 Å². The number of hydrogen-bond donors (Lipinski definition) is 2. The van der Waals surface area contributed by atoms with Crippen LogP contribution in [-0.2, 0) is 4.79 Å². The first-order valence-electron chi connectivity index (χ1n) is 6.76. The fourth-order valence-corrected chi connectivity index (χ4v) is 2.48. The van der Waals surface area contributed by atoms with Gasteiger partial charge in [-0.2, -0.15) is 0 Å². The van der Waals surface area contributed by atoms with Gasteiger partial charge in [0.25, 0.3) is 0 Å². The number of amides is 3. The molecule has 1 aliphatic rings. The SMILES string of the molecule is CN(CC(C)(C)CN)C(=O)C1CCCN(C(N)=O)C1. The summed E-state index contributed by atoms with van der Waals surface area (Å²) < 4.78 is 0. The normalized spacial score (nSPS) is 20.2. The minimum Gasteiger partial charge on any atom is -0.351 e. The Morgan fingerprint density at radius 3 is 2.58 bits per heavy atom. The highest BCUT2D eigenvalue weighted by atomic mass is 16.2. The van der Waals surface area contributed by atoms with Gasteiger partial charge in [0.2, 0.25) is 5.91 Å². The number of carbonyl (C=O) groups is 2. The van der Waals surface area contributed by atoms with Gasteiger partial charge < -0.3 is 21.3 Å². The smallest absolute Gasteiger partial charge is 0.314 e. The predicted octanol–water partition coefficient (Wildman–Crippen LogP) is 0.220. The maximum absolute atomic E-state index is 12.4. The van der Waals surface area contributed by atoms with Gasteiger partial charge in [0.05, 0.1) is 5.92 Å². The van der Waals surface area contributed by atoms with Crippen LogP contribution in [0.4, 0.5) is 4.79 Å². The van der Waals surface area contributed by atoms with Crippen molar-refractivity contribution < 1.29 is 9.59 Å². The van der Waals surface area contributed by atoms with Gasteiger partial charge in [-0.05, 0) is 24.8 Å². The molecule has 1 atom stereocenters. The van der Waals surface area contributed by atoms with E-state index >= 15 is 0 Å². The van der Waals surface area contributed by atoms with E-state index < -0.39 is 6.03 Å². The summed E-state index contributed by atoms with van der Waals surface area (Å²) in [5.74, 6) is -0.0627. The molecule has 1 rings (SSSR count). The van der Waals surface area contributed by atoms with Crippen LogP contribution in [0, 0.1) is 11.3 Å². The van der Waals surface area contributed by atoms with Crippen molar-refractivity contribution in [1.29, 1.82) is 0 Å². The van der Waals surface area contributed by atoms with Crippen LogP contribution in [0.25, 0.3) is 0 Å². The van der Waals surface area contributed by atoms with Crippen molar-refractivity contribution in [1.82, 2.24) is 9.80 Å². The lowest BCUT2D eigenvalue weighted by atomic mass is 9.91. The quantitative estimate of drug-likeness (QED) is 0.765. The van der Waals surface area contributed by atoms with Crippen LogP contribution < -0.4 is 11.5 Å². The third-order valence-corrected chi connectivity index (χ3v) is 3.68. The number of nitrogens with two attached hydrogens (primary N) is 2. The third kappa shape index (κ3) is 4.38. The monoisotopic (exact) mass is 270 g/mol. The molecule has 19 heavy (non-hydrogen) atoms. The van der Waals surface area contributed by atoms with E-state index in [1.807, 2.05) is 13.8 Å². The Balaban J connectivity index is 2.59. The van der Waals surface area contributed by atoms with Gasteiger partial charge in [0.1, 0.15) is 0 Å². The van der Waals surface area contributed by atoms with Crippen molar-refractivity contribution in [2.75, 3.05) is 33.2 Å². The zero-order chi connectivity index (χ0) is 14.6. The van der Waals surface area contributed by atoms with Gasteiger partial charge in [-0.25, -0.2) is 4.79 Å². The van der Waals surface area contributed by atoms with Crippen molar-refractivity contribution in [2.45, 2.75) is 26.7 Å². The molecule has 3 amide bonds. The Bertz CT molecular complexity index is 344. The number of urea groups is 1. The number of nitrogens with zero attached hydrogens (tertiary/aromatic N) is 2. The van der Waals surface area contributed by atoms with Gasteiger partial charge in [0, 0.05) is 26.7 Å². The van der Waals surface area contributed by atoms with Crippen LogP contribution in [0.15, 0.2) is 0 Å². The molecule has 1 fully saturated rings. The van der Waals surface area contributed by atoms with Crippen LogP contribution in [0.1, 0.15) is 26.7 Å². The molecule has 0 aromatic carbocycles. The highest BCUT2D eigenvalue weighted by Gasteiger charge is 2.31. The molecule has 0 radical (unpaired) electrons. The molecule has 6 nitrogen and oxygen atoms in total. The standard InChI is InChI=1S/C13H26N4O2/c1-13(2,8-14)9-16(3)11(18)10-5-4-6-17(7-10)12(15)19/h10H,4-9,14H2,1-3H3,(H2,15,19). The van der Waals surface area contributed by atoms with E-state index in [2.05, 4.69) is 0 Å². The van der Waals surface area contributed by atoms with Crippen LogP contribution >= 0.6 is 0 Å². The second-order valence-corrected chi connectivity index (χ2v) is 6.19. The van der Waals surface area contributed by atoms with Crippen LogP contribution in [0.3, 0.4) is 0 Å². The minimum absolute atomic E-state index is 0.0764. The summed E-state index contributed by atoms with van der Waals surface area (Å²) in [6, 6.07) is -0.442. The fraction of sp³-hybridized carbons (Fsp3) is 0.846. The third-order valence-electron chi connectivity index (χ3n) is 3.68. The average Bonchev–Trinajstić information content (AvgIpc) is 2.37. The minimum atomic E-state index is -0.442. The van der Waals surface area contributed by atoms with Crippen molar-refractivity contribution in [3.63, 3.8) is 0 Å². The number of carbonyl (C=O) groups excluding carboxylic acids is 2. The molecule has 1 aliphatic heterocycles. The van der Waals surface area contributed by atoms with Crippen LogP contribution in [-0.4, -0.2) is 55.0 Å². The van der Waals surface area contributed by atoms with Crippen molar-refractivity contribution in [2.24, 2.45) is 22.8 Å². The Morgan fingerprint density at radius 2 is 2.05 bits per heavy atom. The zero-order valence-electron chi connectivity index (χ0n) is 12.2. The molecule has 0 bridgehead atoms. The summed E-state index contributed by atoms with van der Waals surface area (Å²) >= 11 is 0. The lowest BCUT2D eigenvalue weighted by Gasteiger charge is -2.35. The topological polar surface area (TPSA) is 92.7 Å². The molecule has 4 N–H and O–H groups in total. The van der Waals surface area contributed by atoms with E-state index in [0.29, 0.717) is 26.2 Å². The van der Waals surface area contributed by atoms with E-state index in [-0.39, 0.29) is 17.2 Å². The summed E-state index contributed by atoms with van der Waals surface area (Å²) in [5.41, 5.74) is 10.9. The molecule has 1 heterocycles. The summed E-state index contributed by atoms with van der Waals surface area (Å²) in [6.07, 6.45) is 1.64. The number of rotatable bonds is 4. The van der Waals surface area contributed by atoms with E-state index in [1.54, 1.807) is 16.8 Å². The Labute approximate surface area is 115 Å². The van der Waals surface area contributed by atoms with Gasteiger partial charge >= 0.3 is 6.03 Å². The summed E-state index contributed by atoms with van der Waals surface area (Å²) in [4.78, 5) is 26.8. The maximum Gasteiger partial charge on any atom is 0.314 e. The van der Waals surface area contributed by atoms with Gasteiger partial charge in [-0.3, -0.25) is 4.79 Å². The lowest BCUT2D eigenvalue weighted by molar-refractivity contribution is -0.136. The summed E-state index contributed by atoms with van der Waals surface area (Å²) in [6.45, 7) is 6.30. The Kier molecular flexibility index (Phi) is 5.17. The van der Waals surface area contributed by atoms with Gasteiger partial charge in [-0.1, -0.05) is 13.8 Å². The van der Waals surface area contributed by atoms with Crippen molar-refractivity contribution in [3.05, 3.63) is 0 Å². The highest BCUT2D eigenvalue weighted by Crippen LogP contribution is 2.21. The second kappa shape index (κ2) is 6.23. The first-order valence-corrected chi connectivity index (χ1v) is 6.76. The fourth-order valence-electron chi connectivity index (χ4n) is 2.48. The lowest BCUT2D eigenvalue weighted by Crippen LogP contribution is -2.49. The maximum atomic E-state index is 12.4. The van der Waals surface area contributed by atoms with Crippen molar-refractivity contribution >= 4 is 11.9 Å². The number of hydrogen-bond acceptors (Lipinski definition) is 3. The molecular weight excluding hydrogens is 244 g/mol. The molecule has 110 valence electrons.